The van der Waals surface area contributed by atoms with Gasteiger partial charge in [0.05, 0.1) is 36.3 Å². The number of aromatic nitrogens is 4. The fraction of sp³-hybridized carbons (Fsp3) is 0.421. The Morgan fingerprint density at radius 2 is 2.19 bits per heavy atom. The maximum Gasteiger partial charge on any atom is 0.273 e. The number of hydrogen-bond acceptors (Lipinski definition) is 7. The van der Waals surface area contributed by atoms with Crippen molar-refractivity contribution in [3.8, 4) is 17.1 Å². The lowest BCUT2D eigenvalue weighted by molar-refractivity contribution is -0.115. The van der Waals surface area contributed by atoms with Crippen molar-refractivity contribution in [1.29, 1.82) is 0 Å². The first-order chi connectivity index (χ1) is 14.9. The minimum Gasteiger partial charge on any atom is -0.496 e. The number of imidazole rings is 1. The second-order valence-corrected chi connectivity index (χ2v) is 7.18. The van der Waals surface area contributed by atoms with E-state index in [2.05, 4.69) is 25.6 Å². The van der Waals surface area contributed by atoms with E-state index in [1.54, 1.807) is 6.07 Å². The highest BCUT2D eigenvalue weighted by Crippen LogP contribution is 2.37. The van der Waals surface area contributed by atoms with E-state index in [1.165, 1.54) is 30.0 Å². The van der Waals surface area contributed by atoms with Crippen LogP contribution in [0.3, 0.4) is 0 Å². The van der Waals surface area contributed by atoms with E-state index in [1.807, 2.05) is 0 Å². The molecule has 3 aromatic heterocycles. The molecule has 1 fully saturated rings. The van der Waals surface area contributed by atoms with E-state index in [0.717, 1.165) is 6.20 Å². The van der Waals surface area contributed by atoms with Crippen molar-refractivity contribution >= 4 is 11.6 Å². The van der Waals surface area contributed by atoms with Crippen LogP contribution < -0.4 is 15.4 Å². The summed E-state index contributed by atoms with van der Waals surface area (Å²) in [6, 6.07) is 2.39. The minimum atomic E-state index is -3.39. The first-order valence-corrected chi connectivity index (χ1v) is 9.44. The maximum atomic E-state index is 13.9. The highest BCUT2D eigenvalue weighted by atomic mass is 19.3. The maximum absolute atomic E-state index is 13.9. The molecule has 8 nitrogen and oxygen atoms in total. The monoisotopic (exact) mass is 440 g/mol. The number of fused-ring (bicyclic) bond motifs is 1. The van der Waals surface area contributed by atoms with E-state index >= 15 is 0 Å². The molecule has 0 bridgehead atoms. The average molecular weight is 440 g/mol. The van der Waals surface area contributed by atoms with Crippen LogP contribution in [0.4, 0.5) is 23.5 Å². The molecule has 3 N–H and O–H groups in total. The molecular weight excluding hydrogens is 420 g/mol. The van der Waals surface area contributed by atoms with Gasteiger partial charge in [-0.15, -0.1) is 0 Å². The van der Waals surface area contributed by atoms with Gasteiger partial charge in [0.2, 0.25) is 5.95 Å². The molecule has 12 heteroatoms. The molecule has 166 valence electrons. The number of aliphatic hydroxyl groups is 1. The van der Waals surface area contributed by atoms with Gasteiger partial charge in [-0.05, 0) is 6.07 Å². The Morgan fingerprint density at radius 1 is 1.39 bits per heavy atom. The minimum absolute atomic E-state index is 0.127. The van der Waals surface area contributed by atoms with Gasteiger partial charge >= 0.3 is 0 Å². The number of halogens is 4. The molecule has 3 atom stereocenters. The molecule has 0 aromatic carbocycles. The van der Waals surface area contributed by atoms with E-state index in [9.17, 15) is 22.7 Å². The standard InChI is InChI=1S/C19H20F4N6O2/c1-31-15-4-16-26-7-14(29(16)8-10(15)19(30,9-20)17(22)23)12-2-3-25-18(27-12)28-13-6-24-5-11(13)21/h2-4,7-8,11,13,17,24,30H,5-6,9H2,1H3,(H,25,27,28)/t11-,13-,19?/m0/s1. The molecule has 1 aliphatic rings. The number of rotatable bonds is 7. The van der Waals surface area contributed by atoms with Crippen LogP contribution in [0.5, 0.6) is 5.75 Å². The topological polar surface area (TPSA) is 96.6 Å². The summed E-state index contributed by atoms with van der Waals surface area (Å²) in [5, 5.41) is 16.1. The van der Waals surface area contributed by atoms with Crippen molar-refractivity contribution in [2.75, 3.05) is 32.2 Å². The molecule has 1 unspecified atom stereocenters. The van der Waals surface area contributed by atoms with Gasteiger partial charge in [-0.25, -0.2) is 32.5 Å². The molecule has 3 aromatic rings. The molecule has 1 aliphatic heterocycles. The number of pyridine rings is 1. The molecule has 0 saturated carbocycles. The van der Waals surface area contributed by atoms with Crippen LogP contribution in [0.15, 0.2) is 30.7 Å². The fourth-order valence-corrected chi connectivity index (χ4v) is 3.46. The van der Waals surface area contributed by atoms with E-state index in [-0.39, 0.29) is 18.2 Å². The van der Waals surface area contributed by atoms with Gasteiger partial charge in [0, 0.05) is 31.5 Å². The van der Waals surface area contributed by atoms with Crippen LogP contribution in [0.25, 0.3) is 17.0 Å². The number of methoxy groups -OCH3 is 1. The fourth-order valence-electron chi connectivity index (χ4n) is 3.46. The van der Waals surface area contributed by atoms with Crippen LogP contribution >= 0.6 is 0 Å². The van der Waals surface area contributed by atoms with E-state index in [4.69, 9.17) is 4.74 Å². The first kappa shape index (κ1) is 21.2. The summed E-state index contributed by atoms with van der Waals surface area (Å²) < 4.78 is 60.7. The third-order valence-electron chi connectivity index (χ3n) is 5.23. The lowest BCUT2D eigenvalue weighted by atomic mass is 9.96. The molecule has 4 heterocycles. The molecule has 0 spiro atoms. The Kier molecular flexibility index (Phi) is 5.67. The highest BCUT2D eigenvalue weighted by molar-refractivity contribution is 5.63. The Hall–Kier alpha value is -2.99. The molecule has 0 amide bonds. The number of nitrogens with zero attached hydrogens (tertiary/aromatic N) is 4. The lowest BCUT2D eigenvalue weighted by Crippen LogP contribution is -2.37. The SMILES string of the molecule is COc1cc2ncc(-c3ccnc(N[C@H]4CNC[C@@H]4F)n3)n2cc1C(O)(CF)C(F)F. The van der Waals surface area contributed by atoms with Gasteiger partial charge in [-0.3, -0.25) is 4.40 Å². The highest BCUT2D eigenvalue weighted by Gasteiger charge is 2.43. The third kappa shape index (κ3) is 3.76. The predicted octanol–water partition coefficient (Wildman–Crippen LogP) is 1.94. The van der Waals surface area contributed by atoms with Crippen LogP contribution in [-0.4, -0.2) is 70.0 Å². The van der Waals surface area contributed by atoms with Crippen molar-refractivity contribution in [3.63, 3.8) is 0 Å². The second kappa shape index (κ2) is 8.27. The molecule has 4 rings (SSSR count). The van der Waals surface area contributed by atoms with Gasteiger partial charge < -0.3 is 20.5 Å². The number of anilines is 1. The van der Waals surface area contributed by atoms with Gasteiger partial charge in [-0.2, -0.15) is 0 Å². The van der Waals surface area contributed by atoms with Crippen LogP contribution in [0.1, 0.15) is 5.56 Å². The Labute approximate surface area is 174 Å². The Bertz CT molecular complexity index is 1080. The summed E-state index contributed by atoms with van der Waals surface area (Å²) >= 11 is 0. The number of hydrogen-bond donors (Lipinski definition) is 3. The summed E-state index contributed by atoms with van der Waals surface area (Å²) in [5.74, 6) is 0.0586. The van der Waals surface area contributed by atoms with Crippen LogP contribution in [-0.2, 0) is 5.60 Å². The molecule has 1 saturated heterocycles. The average Bonchev–Trinajstić information content (AvgIpc) is 3.37. The zero-order valence-electron chi connectivity index (χ0n) is 16.4. The van der Waals surface area contributed by atoms with Gasteiger partial charge in [0.15, 0.2) is 5.60 Å². The summed E-state index contributed by atoms with van der Waals surface area (Å²) in [6.07, 6.45) is -0.432. The number of alkyl halides is 4. The van der Waals surface area contributed by atoms with Crippen molar-refractivity contribution in [2.45, 2.75) is 24.2 Å². The summed E-state index contributed by atoms with van der Waals surface area (Å²) in [5.41, 5.74) is -2.43. The Balaban J connectivity index is 1.77. The van der Waals surface area contributed by atoms with Gasteiger partial charge in [0.1, 0.15) is 24.2 Å². The second-order valence-electron chi connectivity index (χ2n) is 7.18. The van der Waals surface area contributed by atoms with Crippen LogP contribution in [0, 0.1) is 0 Å². The summed E-state index contributed by atoms with van der Waals surface area (Å²) in [7, 11) is 1.22. The summed E-state index contributed by atoms with van der Waals surface area (Å²) in [6.45, 7) is -1.06. The largest absolute Gasteiger partial charge is 0.496 e. The van der Waals surface area contributed by atoms with Gasteiger partial charge in [0.25, 0.3) is 6.43 Å². The molecule has 31 heavy (non-hydrogen) atoms. The lowest BCUT2D eigenvalue weighted by Gasteiger charge is -2.26. The van der Waals surface area contributed by atoms with Crippen LogP contribution in [0.2, 0.25) is 0 Å². The number of ether oxygens (including phenoxy) is 1. The van der Waals surface area contributed by atoms with E-state index in [0.29, 0.717) is 23.6 Å². The van der Waals surface area contributed by atoms with Crippen molar-refractivity contribution in [3.05, 3.63) is 36.3 Å². The third-order valence-corrected chi connectivity index (χ3v) is 5.23. The van der Waals surface area contributed by atoms with Crippen molar-refractivity contribution in [2.24, 2.45) is 0 Å². The quantitative estimate of drug-likeness (QED) is 0.483. The molecule has 0 aliphatic carbocycles. The number of nitrogens with one attached hydrogen (secondary N) is 2. The molecule has 0 radical (unpaired) electrons. The van der Waals surface area contributed by atoms with Crippen molar-refractivity contribution in [1.82, 2.24) is 24.7 Å². The van der Waals surface area contributed by atoms with Gasteiger partial charge in [-0.1, -0.05) is 0 Å². The van der Waals surface area contributed by atoms with Crippen molar-refractivity contribution < 1.29 is 27.4 Å². The van der Waals surface area contributed by atoms with E-state index < -0.39 is 36.5 Å². The zero-order valence-corrected chi connectivity index (χ0v) is 16.4. The summed E-state index contributed by atoms with van der Waals surface area (Å²) in [4.78, 5) is 12.7. The zero-order chi connectivity index (χ0) is 22.2. The normalized spacial score (nSPS) is 20.9. The smallest absolute Gasteiger partial charge is 0.273 e. The first-order valence-electron chi connectivity index (χ1n) is 9.44. The Morgan fingerprint density at radius 3 is 2.84 bits per heavy atom. The predicted molar refractivity (Wildman–Crippen MR) is 104 cm³/mol. The molecular formula is C19H20F4N6O2.